The molecule has 1 fully saturated rings. The quantitative estimate of drug-likeness (QED) is 0.833. The first-order chi connectivity index (χ1) is 8.29. The van der Waals surface area contributed by atoms with E-state index >= 15 is 0 Å². The second-order valence-electron chi connectivity index (χ2n) is 4.16. The second-order valence-corrected chi connectivity index (χ2v) is 4.16. The van der Waals surface area contributed by atoms with Gasteiger partial charge in [0.15, 0.2) is 0 Å². The van der Waals surface area contributed by atoms with Crippen LogP contribution in [0, 0.1) is 0 Å². The van der Waals surface area contributed by atoms with Gasteiger partial charge in [0, 0.05) is 13.2 Å². The van der Waals surface area contributed by atoms with Crippen molar-refractivity contribution in [1.29, 1.82) is 0 Å². The number of hydrogen-bond donors (Lipinski definition) is 2. The first-order valence-corrected chi connectivity index (χ1v) is 5.95. The topological polar surface area (TPSA) is 69.4 Å². The van der Waals surface area contributed by atoms with E-state index in [1.54, 1.807) is 13.2 Å². The van der Waals surface area contributed by atoms with E-state index in [1.165, 1.54) is 12.8 Å². The highest BCUT2D eigenvalue weighted by molar-refractivity contribution is 5.53. The van der Waals surface area contributed by atoms with Gasteiger partial charge in [-0.1, -0.05) is 0 Å². The molecule has 5 heteroatoms. The summed E-state index contributed by atoms with van der Waals surface area (Å²) >= 11 is 0. The van der Waals surface area contributed by atoms with Crippen LogP contribution < -0.4 is 15.8 Å². The van der Waals surface area contributed by atoms with Crippen LogP contribution in [0.3, 0.4) is 0 Å². The minimum atomic E-state index is 0.286. The number of nitrogens with two attached hydrogens (primary N) is 1. The Bertz CT molecular complexity index is 365. The van der Waals surface area contributed by atoms with Gasteiger partial charge in [0.1, 0.15) is 5.82 Å². The third kappa shape index (κ3) is 3.23. The molecular weight excluding hydrogens is 218 g/mol. The van der Waals surface area contributed by atoms with Gasteiger partial charge in [-0.25, -0.2) is 0 Å². The molecule has 0 amide bonds. The summed E-state index contributed by atoms with van der Waals surface area (Å²) in [6.45, 7) is 1.64. The number of nitrogens with zero attached hydrogens (tertiary/aromatic N) is 1. The van der Waals surface area contributed by atoms with Gasteiger partial charge in [0.05, 0.1) is 18.9 Å². The first-order valence-electron chi connectivity index (χ1n) is 5.95. The second kappa shape index (κ2) is 5.72. The molecule has 0 aromatic carbocycles. The molecule has 1 aromatic heterocycles. The minimum Gasteiger partial charge on any atom is -0.479 e. The normalized spacial score (nSPS) is 19.9. The Morgan fingerprint density at radius 2 is 2.41 bits per heavy atom. The van der Waals surface area contributed by atoms with Crippen LogP contribution in [-0.2, 0) is 4.74 Å². The number of pyridine rings is 1. The molecule has 0 spiro atoms. The molecule has 0 bridgehead atoms. The molecule has 0 aliphatic carbocycles. The lowest BCUT2D eigenvalue weighted by atomic mass is 10.1. The van der Waals surface area contributed by atoms with E-state index in [9.17, 15) is 0 Å². The maximum absolute atomic E-state index is 5.70. The van der Waals surface area contributed by atoms with Crippen LogP contribution in [0.5, 0.6) is 5.88 Å². The zero-order chi connectivity index (χ0) is 12.1. The molecule has 94 valence electrons. The smallest absolute Gasteiger partial charge is 0.238 e. The lowest BCUT2D eigenvalue weighted by Crippen LogP contribution is -2.27. The third-order valence-corrected chi connectivity index (χ3v) is 2.87. The van der Waals surface area contributed by atoms with Crippen LogP contribution in [0.15, 0.2) is 12.1 Å². The molecular formula is C12H19N3O2. The summed E-state index contributed by atoms with van der Waals surface area (Å²) in [5.74, 6) is 1.23. The molecule has 1 atom stereocenters. The standard InChI is InChI=1S/C12H19N3O2/c1-16-12-10(13)5-6-11(15-12)14-8-9-4-2-3-7-17-9/h5-6,9H,2-4,7-8,13H2,1H3,(H,14,15). The van der Waals surface area contributed by atoms with E-state index in [-0.39, 0.29) is 6.10 Å². The van der Waals surface area contributed by atoms with Gasteiger partial charge in [-0.05, 0) is 31.4 Å². The number of nitrogens with one attached hydrogen (secondary N) is 1. The molecule has 0 radical (unpaired) electrons. The zero-order valence-electron chi connectivity index (χ0n) is 10.1. The third-order valence-electron chi connectivity index (χ3n) is 2.87. The number of rotatable bonds is 4. The van der Waals surface area contributed by atoms with Crippen LogP contribution in [0.1, 0.15) is 19.3 Å². The van der Waals surface area contributed by atoms with Gasteiger partial charge in [-0.15, -0.1) is 0 Å². The van der Waals surface area contributed by atoms with Gasteiger partial charge < -0.3 is 20.5 Å². The lowest BCUT2D eigenvalue weighted by Gasteiger charge is -2.23. The van der Waals surface area contributed by atoms with E-state index in [1.807, 2.05) is 6.07 Å². The van der Waals surface area contributed by atoms with E-state index in [0.29, 0.717) is 11.6 Å². The average Bonchev–Trinajstić information content (AvgIpc) is 2.39. The van der Waals surface area contributed by atoms with Crippen molar-refractivity contribution in [1.82, 2.24) is 4.98 Å². The number of hydrogen-bond acceptors (Lipinski definition) is 5. The van der Waals surface area contributed by atoms with E-state index < -0.39 is 0 Å². The Labute approximate surface area is 101 Å². The molecule has 3 N–H and O–H groups in total. The van der Waals surface area contributed by atoms with Gasteiger partial charge >= 0.3 is 0 Å². The highest BCUT2D eigenvalue weighted by atomic mass is 16.5. The van der Waals surface area contributed by atoms with Crippen molar-refractivity contribution in [3.63, 3.8) is 0 Å². The summed E-state index contributed by atoms with van der Waals surface area (Å²) < 4.78 is 10.7. The number of ether oxygens (including phenoxy) is 2. The minimum absolute atomic E-state index is 0.286. The van der Waals surface area contributed by atoms with Crippen LogP contribution in [0.4, 0.5) is 11.5 Å². The van der Waals surface area contributed by atoms with Crippen molar-refractivity contribution in [3.05, 3.63) is 12.1 Å². The van der Waals surface area contributed by atoms with Gasteiger partial charge in [0.2, 0.25) is 5.88 Å². The Kier molecular flexibility index (Phi) is 4.03. The van der Waals surface area contributed by atoms with Crippen molar-refractivity contribution < 1.29 is 9.47 Å². The largest absolute Gasteiger partial charge is 0.479 e. The van der Waals surface area contributed by atoms with Crippen LogP contribution in [0.2, 0.25) is 0 Å². The fourth-order valence-corrected chi connectivity index (χ4v) is 1.90. The van der Waals surface area contributed by atoms with Crippen molar-refractivity contribution in [3.8, 4) is 5.88 Å². The van der Waals surface area contributed by atoms with Gasteiger partial charge in [0.25, 0.3) is 0 Å². The van der Waals surface area contributed by atoms with E-state index in [2.05, 4.69) is 10.3 Å². The molecule has 17 heavy (non-hydrogen) atoms. The predicted molar refractivity (Wildman–Crippen MR) is 67.3 cm³/mol. The number of methoxy groups -OCH3 is 1. The summed E-state index contributed by atoms with van der Waals surface area (Å²) in [4.78, 5) is 4.26. The fourth-order valence-electron chi connectivity index (χ4n) is 1.90. The lowest BCUT2D eigenvalue weighted by molar-refractivity contribution is 0.0247. The first kappa shape index (κ1) is 12.0. The monoisotopic (exact) mass is 237 g/mol. The van der Waals surface area contributed by atoms with Crippen LogP contribution >= 0.6 is 0 Å². The molecule has 2 heterocycles. The predicted octanol–water partition coefficient (Wildman–Crippen LogP) is 1.65. The number of anilines is 2. The maximum atomic E-state index is 5.70. The molecule has 0 saturated carbocycles. The van der Waals surface area contributed by atoms with Crippen LogP contribution in [0.25, 0.3) is 0 Å². The average molecular weight is 237 g/mol. The highest BCUT2D eigenvalue weighted by Crippen LogP contribution is 2.20. The molecule has 1 aromatic rings. The molecule has 1 saturated heterocycles. The van der Waals surface area contributed by atoms with Crippen molar-refractivity contribution in [2.45, 2.75) is 25.4 Å². The van der Waals surface area contributed by atoms with Crippen molar-refractivity contribution in [2.75, 3.05) is 31.3 Å². The Morgan fingerprint density at radius 1 is 1.53 bits per heavy atom. The van der Waals surface area contributed by atoms with Crippen molar-refractivity contribution >= 4 is 11.5 Å². The van der Waals surface area contributed by atoms with Crippen molar-refractivity contribution in [2.24, 2.45) is 0 Å². The maximum Gasteiger partial charge on any atom is 0.238 e. The van der Waals surface area contributed by atoms with Crippen LogP contribution in [-0.4, -0.2) is 31.3 Å². The molecule has 5 nitrogen and oxygen atoms in total. The SMILES string of the molecule is COc1nc(NCC2CCCCO2)ccc1N. The summed E-state index contributed by atoms with van der Waals surface area (Å²) in [5, 5.41) is 3.24. The summed E-state index contributed by atoms with van der Waals surface area (Å²) in [6.07, 6.45) is 3.81. The molecule has 1 unspecified atom stereocenters. The van der Waals surface area contributed by atoms with Gasteiger partial charge in [-0.3, -0.25) is 0 Å². The van der Waals surface area contributed by atoms with E-state index in [0.717, 1.165) is 25.4 Å². The van der Waals surface area contributed by atoms with E-state index in [4.69, 9.17) is 15.2 Å². The number of aromatic nitrogens is 1. The molecule has 1 aliphatic heterocycles. The Morgan fingerprint density at radius 3 is 3.12 bits per heavy atom. The zero-order valence-corrected chi connectivity index (χ0v) is 10.1. The Hall–Kier alpha value is -1.49. The fraction of sp³-hybridized carbons (Fsp3) is 0.583. The van der Waals surface area contributed by atoms with Gasteiger partial charge in [-0.2, -0.15) is 4.98 Å². The summed E-state index contributed by atoms with van der Waals surface area (Å²) in [6, 6.07) is 3.64. The summed E-state index contributed by atoms with van der Waals surface area (Å²) in [5.41, 5.74) is 6.25. The Balaban J connectivity index is 1.89. The molecule has 1 aliphatic rings. The number of nitrogen functional groups attached to an aromatic ring is 1. The highest BCUT2D eigenvalue weighted by Gasteiger charge is 2.13. The summed E-state index contributed by atoms with van der Waals surface area (Å²) in [7, 11) is 1.56. The molecule has 2 rings (SSSR count).